The van der Waals surface area contributed by atoms with Crippen molar-refractivity contribution < 1.29 is 0 Å². The maximum Gasteiger partial charge on any atom is -0.0352 e. The topological polar surface area (TPSA) is 0 Å². The van der Waals surface area contributed by atoms with E-state index in [1.54, 1.807) is 19.3 Å². The van der Waals surface area contributed by atoms with Gasteiger partial charge in [0.1, 0.15) is 0 Å². The van der Waals surface area contributed by atoms with E-state index in [4.69, 9.17) is 0 Å². The molecule has 2 aliphatic carbocycles. The zero-order chi connectivity index (χ0) is 7.14. The molecule has 2 rings (SSSR count). The lowest BCUT2D eigenvalue weighted by molar-refractivity contribution is 0.0634. The van der Waals surface area contributed by atoms with Crippen LogP contribution in [-0.4, -0.2) is 0 Å². The van der Waals surface area contributed by atoms with Crippen LogP contribution in [-0.2, 0) is 0 Å². The molecule has 10 heavy (non-hydrogen) atoms. The first-order valence-corrected chi connectivity index (χ1v) is 4.83. The van der Waals surface area contributed by atoms with Crippen molar-refractivity contribution in [2.24, 2.45) is 23.7 Å². The normalized spacial score (nSPS) is 46.8. The van der Waals surface area contributed by atoms with E-state index >= 15 is 0 Å². The highest BCUT2D eigenvalue weighted by Crippen LogP contribution is 2.54. The second kappa shape index (κ2) is 2.25. The van der Waals surface area contributed by atoms with Gasteiger partial charge in [-0.1, -0.05) is 20.3 Å². The lowest BCUT2D eigenvalue weighted by Crippen LogP contribution is -2.35. The summed E-state index contributed by atoms with van der Waals surface area (Å²) in [6, 6.07) is 0. The first-order chi connectivity index (χ1) is 4.83. The van der Waals surface area contributed by atoms with E-state index in [1.165, 1.54) is 12.3 Å². The molecule has 2 aliphatic rings. The van der Waals surface area contributed by atoms with Crippen molar-refractivity contribution in [1.82, 2.24) is 0 Å². The molecule has 0 aromatic carbocycles. The molecule has 2 fully saturated rings. The van der Waals surface area contributed by atoms with Crippen molar-refractivity contribution in [1.29, 1.82) is 0 Å². The zero-order valence-corrected chi connectivity index (χ0v) is 7.14. The molecule has 58 valence electrons. The number of hydrogen-bond donors (Lipinski definition) is 0. The van der Waals surface area contributed by atoms with Gasteiger partial charge in [0.05, 0.1) is 0 Å². The van der Waals surface area contributed by atoms with Crippen LogP contribution in [0.3, 0.4) is 0 Å². The van der Waals surface area contributed by atoms with Gasteiger partial charge >= 0.3 is 0 Å². The SMILES string of the molecule is CCC1C(C)CC1C1CC1. The summed E-state index contributed by atoms with van der Waals surface area (Å²) in [5, 5.41) is 0. The average molecular weight is 138 g/mol. The van der Waals surface area contributed by atoms with Crippen molar-refractivity contribution in [3.8, 4) is 0 Å². The first-order valence-electron chi connectivity index (χ1n) is 4.83. The molecule has 0 saturated heterocycles. The Labute approximate surface area is 64.0 Å². The molecule has 0 radical (unpaired) electrons. The third-order valence-electron chi connectivity index (χ3n) is 3.62. The smallest absolute Gasteiger partial charge is 0.0352 e. The van der Waals surface area contributed by atoms with E-state index in [9.17, 15) is 0 Å². The van der Waals surface area contributed by atoms with Gasteiger partial charge in [-0.2, -0.15) is 0 Å². The van der Waals surface area contributed by atoms with Crippen LogP contribution in [0, 0.1) is 23.7 Å². The second-order valence-corrected chi connectivity index (χ2v) is 4.29. The van der Waals surface area contributed by atoms with Crippen LogP contribution in [0.4, 0.5) is 0 Å². The monoisotopic (exact) mass is 138 g/mol. The molecule has 0 spiro atoms. The minimum atomic E-state index is 1.05. The van der Waals surface area contributed by atoms with Crippen molar-refractivity contribution in [3.05, 3.63) is 0 Å². The Hall–Kier alpha value is 0. The maximum atomic E-state index is 2.42. The van der Waals surface area contributed by atoms with Crippen molar-refractivity contribution in [3.63, 3.8) is 0 Å². The fourth-order valence-corrected chi connectivity index (χ4v) is 2.78. The van der Waals surface area contributed by atoms with Crippen molar-refractivity contribution in [2.75, 3.05) is 0 Å². The molecule has 2 saturated carbocycles. The van der Waals surface area contributed by atoms with Crippen LogP contribution in [0.2, 0.25) is 0 Å². The molecule has 0 heteroatoms. The number of rotatable bonds is 2. The van der Waals surface area contributed by atoms with Crippen LogP contribution < -0.4 is 0 Å². The minimum Gasteiger partial charge on any atom is -0.0651 e. The molecule has 0 nitrogen and oxygen atoms in total. The predicted molar refractivity (Wildman–Crippen MR) is 43.8 cm³/mol. The Kier molecular flexibility index (Phi) is 1.51. The molecule has 0 bridgehead atoms. The molecular weight excluding hydrogens is 120 g/mol. The Balaban J connectivity index is 1.88. The third kappa shape index (κ3) is 0.889. The molecule has 0 amide bonds. The highest BCUT2D eigenvalue weighted by Gasteiger charge is 2.44. The highest BCUT2D eigenvalue weighted by molar-refractivity contribution is 4.94. The number of hydrogen-bond acceptors (Lipinski definition) is 0. The average Bonchev–Trinajstić information content (AvgIpc) is 2.65. The van der Waals surface area contributed by atoms with Crippen molar-refractivity contribution in [2.45, 2.75) is 39.5 Å². The Morgan fingerprint density at radius 2 is 2.00 bits per heavy atom. The summed E-state index contributed by atoms with van der Waals surface area (Å²) in [4.78, 5) is 0. The largest absolute Gasteiger partial charge is 0.0651 e. The summed E-state index contributed by atoms with van der Waals surface area (Å²) in [5.41, 5.74) is 0. The summed E-state index contributed by atoms with van der Waals surface area (Å²) >= 11 is 0. The lowest BCUT2D eigenvalue weighted by Gasteiger charge is -2.43. The fraction of sp³-hybridized carbons (Fsp3) is 1.00. The second-order valence-electron chi connectivity index (χ2n) is 4.29. The van der Waals surface area contributed by atoms with Crippen LogP contribution in [0.5, 0.6) is 0 Å². The van der Waals surface area contributed by atoms with Gasteiger partial charge in [0, 0.05) is 0 Å². The van der Waals surface area contributed by atoms with Crippen LogP contribution in [0.25, 0.3) is 0 Å². The van der Waals surface area contributed by atoms with Gasteiger partial charge in [0.25, 0.3) is 0 Å². The van der Waals surface area contributed by atoms with Crippen LogP contribution in [0.15, 0.2) is 0 Å². The summed E-state index contributed by atoms with van der Waals surface area (Å²) in [5.74, 6) is 4.48. The molecule has 3 atom stereocenters. The molecule has 0 aromatic heterocycles. The van der Waals surface area contributed by atoms with Gasteiger partial charge in [0.2, 0.25) is 0 Å². The van der Waals surface area contributed by atoms with Gasteiger partial charge in [-0.25, -0.2) is 0 Å². The van der Waals surface area contributed by atoms with E-state index in [1.807, 2.05) is 0 Å². The molecule has 0 N–H and O–H groups in total. The van der Waals surface area contributed by atoms with Gasteiger partial charge in [-0.05, 0) is 42.9 Å². The van der Waals surface area contributed by atoms with E-state index in [0.29, 0.717) is 0 Å². The Morgan fingerprint density at radius 1 is 1.30 bits per heavy atom. The van der Waals surface area contributed by atoms with Crippen molar-refractivity contribution >= 4 is 0 Å². The fourth-order valence-electron chi connectivity index (χ4n) is 2.78. The third-order valence-corrected chi connectivity index (χ3v) is 3.62. The minimum absolute atomic E-state index is 1.05. The maximum absolute atomic E-state index is 2.42. The van der Waals surface area contributed by atoms with E-state index in [2.05, 4.69) is 13.8 Å². The molecular formula is C10H18. The summed E-state index contributed by atoms with van der Waals surface area (Å²) < 4.78 is 0. The summed E-state index contributed by atoms with van der Waals surface area (Å²) in [6.45, 7) is 4.78. The zero-order valence-electron chi connectivity index (χ0n) is 7.14. The van der Waals surface area contributed by atoms with Gasteiger partial charge < -0.3 is 0 Å². The first kappa shape index (κ1) is 6.69. The molecule has 3 unspecified atom stereocenters. The Bertz CT molecular complexity index is 122. The molecule has 0 aliphatic heterocycles. The standard InChI is InChI=1S/C10H18/c1-3-9-7(2)6-10(9)8-4-5-8/h7-10H,3-6H2,1-2H3. The Morgan fingerprint density at radius 3 is 2.40 bits per heavy atom. The van der Waals surface area contributed by atoms with Crippen LogP contribution in [0.1, 0.15) is 39.5 Å². The van der Waals surface area contributed by atoms with E-state index < -0.39 is 0 Å². The van der Waals surface area contributed by atoms with Crippen LogP contribution >= 0.6 is 0 Å². The summed E-state index contributed by atoms with van der Waals surface area (Å²) in [6.07, 6.45) is 6.08. The van der Waals surface area contributed by atoms with Gasteiger partial charge in [0.15, 0.2) is 0 Å². The molecule has 0 heterocycles. The molecule has 0 aromatic rings. The predicted octanol–water partition coefficient (Wildman–Crippen LogP) is 3.08. The highest BCUT2D eigenvalue weighted by atomic mass is 14.5. The lowest BCUT2D eigenvalue weighted by atomic mass is 9.62. The van der Waals surface area contributed by atoms with Gasteiger partial charge in [-0.3, -0.25) is 0 Å². The van der Waals surface area contributed by atoms with E-state index in [-0.39, 0.29) is 0 Å². The van der Waals surface area contributed by atoms with E-state index in [0.717, 1.165) is 17.8 Å². The quantitative estimate of drug-likeness (QED) is 0.550. The summed E-state index contributed by atoms with van der Waals surface area (Å²) in [7, 11) is 0. The van der Waals surface area contributed by atoms with Gasteiger partial charge in [-0.15, -0.1) is 0 Å².